The fourth-order valence-corrected chi connectivity index (χ4v) is 1.02. The van der Waals surface area contributed by atoms with Crippen molar-refractivity contribution in [2.75, 3.05) is 19.8 Å². The van der Waals surface area contributed by atoms with Gasteiger partial charge in [0.1, 0.15) is 24.4 Å². The van der Waals surface area contributed by atoms with Gasteiger partial charge in [-0.15, -0.1) is 0 Å². The lowest BCUT2D eigenvalue weighted by atomic mass is 10.0. The molecule has 0 saturated heterocycles. The number of ether oxygens (including phenoxy) is 1. The van der Waals surface area contributed by atoms with Crippen molar-refractivity contribution >= 4 is 0 Å². The van der Waals surface area contributed by atoms with Crippen LogP contribution >= 0.6 is 0 Å². The Labute approximate surface area is 93.5 Å². The molecule has 0 fully saturated rings. The summed E-state index contributed by atoms with van der Waals surface area (Å²) in [6.07, 6.45) is -6.92. The van der Waals surface area contributed by atoms with Gasteiger partial charge in [-0.2, -0.15) is 0 Å². The standard InChI is InChI=1S/C9H20O7/c1-5(11)3-16-4-7(13)9(15)8(14)6(12)2-10/h5-15H,2-4H2,1H3/t5?,6-,7+,8-,9-/m1/s1. The predicted octanol–water partition coefficient (Wildman–Crippen LogP) is -3.18. The zero-order valence-corrected chi connectivity index (χ0v) is 9.10. The van der Waals surface area contributed by atoms with E-state index in [2.05, 4.69) is 0 Å². The molecule has 0 rings (SSSR count). The first kappa shape index (κ1) is 15.7. The Hall–Kier alpha value is -0.280. The van der Waals surface area contributed by atoms with Gasteiger partial charge < -0.3 is 35.4 Å². The summed E-state index contributed by atoms with van der Waals surface area (Å²) in [7, 11) is 0. The highest BCUT2D eigenvalue weighted by molar-refractivity contribution is 4.80. The summed E-state index contributed by atoms with van der Waals surface area (Å²) in [6, 6.07) is 0. The first-order chi connectivity index (χ1) is 7.40. The monoisotopic (exact) mass is 240 g/mol. The molecular weight excluding hydrogens is 220 g/mol. The minimum absolute atomic E-state index is 0.0115. The number of hydrogen-bond acceptors (Lipinski definition) is 7. The molecule has 0 aliphatic rings. The lowest BCUT2D eigenvalue weighted by Crippen LogP contribution is -2.47. The van der Waals surface area contributed by atoms with Crippen LogP contribution in [0.5, 0.6) is 0 Å². The van der Waals surface area contributed by atoms with Crippen LogP contribution in [-0.2, 0) is 4.74 Å². The van der Waals surface area contributed by atoms with Gasteiger partial charge >= 0.3 is 0 Å². The Morgan fingerprint density at radius 2 is 1.38 bits per heavy atom. The van der Waals surface area contributed by atoms with E-state index in [4.69, 9.17) is 20.1 Å². The minimum atomic E-state index is -1.66. The van der Waals surface area contributed by atoms with Crippen LogP contribution in [0.1, 0.15) is 6.92 Å². The fourth-order valence-electron chi connectivity index (χ4n) is 1.02. The van der Waals surface area contributed by atoms with Crippen molar-refractivity contribution in [2.45, 2.75) is 37.4 Å². The third-order valence-corrected chi connectivity index (χ3v) is 1.97. The molecule has 0 bridgehead atoms. The Balaban J connectivity index is 3.92. The average Bonchev–Trinajstić information content (AvgIpc) is 2.25. The molecule has 0 saturated carbocycles. The Morgan fingerprint density at radius 1 is 0.875 bits per heavy atom. The second kappa shape index (κ2) is 7.91. The fraction of sp³-hybridized carbons (Fsp3) is 1.00. The molecule has 0 radical (unpaired) electrons. The topological polar surface area (TPSA) is 131 Å². The Kier molecular flexibility index (Phi) is 7.77. The van der Waals surface area contributed by atoms with Crippen molar-refractivity contribution in [3.05, 3.63) is 0 Å². The smallest absolute Gasteiger partial charge is 0.111 e. The second-order valence-corrected chi connectivity index (χ2v) is 3.68. The molecule has 0 spiro atoms. The van der Waals surface area contributed by atoms with Gasteiger partial charge in [-0.1, -0.05) is 0 Å². The molecule has 0 amide bonds. The van der Waals surface area contributed by atoms with Gasteiger partial charge in [0, 0.05) is 0 Å². The molecule has 7 heteroatoms. The first-order valence-corrected chi connectivity index (χ1v) is 4.99. The van der Waals surface area contributed by atoms with E-state index in [1.54, 1.807) is 0 Å². The Morgan fingerprint density at radius 3 is 1.81 bits per heavy atom. The molecular formula is C9H20O7. The summed E-state index contributed by atoms with van der Waals surface area (Å²) in [4.78, 5) is 0. The van der Waals surface area contributed by atoms with Crippen LogP contribution in [0.3, 0.4) is 0 Å². The van der Waals surface area contributed by atoms with E-state index in [1.807, 2.05) is 0 Å². The largest absolute Gasteiger partial charge is 0.394 e. The van der Waals surface area contributed by atoms with Gasteiger partial charge in [-0.05, 0) is 6.92 Å². The van der Waals surface area contributed by atoms with Crippen LogP contribution in [0.4, 0.5) is 0 Å². The van der Waals surface area contributed by atoms with E-state index >= 15 is 0 Å². The number of aliphatic hydroxyl groups excluding tert-OH is 6. The lowest BCUT2D eigenvalue weighted by Gasteiger charge is -2.25. The maximum Gasteiger partial charge on any atom is 0.111 e. The van der Waals surface area contributed by atoms with Crippen molar-refractivity contribution in [3.63, 3.8) is 0 Å². The Bertz CT molecular complexity index is 175. The van der Waals surface area contributed by atoms with Crippen LogP contribution in [0.15, 0.2) is 0 Å². The first-order valence-electron chi connectivity index (χ1n) is 4.99. The lowest BCUT2D eigenvalue weighted by molar-refractivity contribution is -0.131. The van der Waals surface area contributed by atoms with Crippen LogP contribution < -0.4 is 0 Å². The number of rotatable bonds is 8. The maximum absolute atomic E-state index is 9.34. The average molecular weight is 240 g/mol. The van der Waals surface area contributed by atoms with Crippen molar-refractivity contribution < 1.29 is 35.4 Å². The van der Waals surface area contributed by atoms with E-state index in [-0.39, 0.29) is 13.2 Å². The quantitative estimate of drug-likeness (QED) is 0.264. The van der Waals surface area contributed by atoms with Crippen molar-refractivity contribution in [1.29, 1.82) is 0 Å². The van der Waals surface area contributed by atoms with E-state index in [9.17, 15) is 15.3 Å². The summed E-state index contributed by atoms with van der Waals surface area (Å²) in [6.45, 7) is 0.469. The predicted molar refractivity (Wildman–Crippen MR) is 53.6 cm³/mol. The van der Waals surface area contributed by atoms with E-state index in [0.717, 1.165) is 0 Å². The SMILES string of the molecule is CC(O)COC[C@H](O)[C@@H](O)[C@H](O)[C@H](O)CO. The summed E-state index contributed by atoms with van der Waals surface area (Å²) in [5.74, 6) is 0. The summed E-state index contributed by atoms with van der Waals surface area (Å²) < 4.78 is 4.83. The summed E-state index contributed by atoms with van der Waals surface area (Å²) >= 11 is 0. The van der Waals surface area contributed by atoms with Gasteiger partial charge in [-0.3, -0.25) is 0 Å². The van der Waals surface area contributed by atoms with Crippen LogP contribution in [0.2, 0.25) is 0 Å². The van der Waals surface area contributed by atoms with E-state index < -0.39 is 37.1 Å². The van der Waals surface area contributed by atoms with Crippen LogP contribution in [0.25, 0.3) is 0 Å². The molecule has 6 N–H and O–H groups in total. The molecule has 0 aliphatic carbocycles. The zero-order chi connectivity index (χ0) is 12.7. The molecule has 1 unspecified atom stereocenters. The molecule has 98 valence electrons. The number of hydrogen-bond donors (Lipinski definition) is 6. The van der Waals surface area contributed by atoms with Gasteiger partial charge in [-0.25, -0.2) is 0 Å². The van der Waals surface area contributed by atoms with Crippen LogP contribution in [-0.4, -0.2) is 81.0 Å². The highest BCUT2D eigenvalue weighted by Crippen LogP contribution is 2.05. The van der Waals surface area contributed by atoms with Crippen molar-refractivity contribution in [2.24, 2.45) is 0 Å². The van der Waals surface area contributed by atoms with Gasteiger partial charge in [0.25, 0.3) is 0 Å². The summed E-state index contributed by atoms with van der Waals surface area (Å²) in [5, 5.41) is 54.3. The summed E-state index contributed by atoms with van der Waals surface area (Å²) in [5.41, 5.74) is 0. The maximum atomic E-state index is 9.34. The molecule has 7 nitrogen and oxygen atoms in total. The molecule has 0 heterocycles. The van der Waals surface area contributed by atoms with E-state index in [0.29, 0.717) is 0 Å². The molecule has 16 heavy (non-hydrogen) atoms. The van der Waals surface area contributed by atoms with Gasteiger partial charge in [0.2, 0.25) is 0 Å². The molecule has 0 aromatic rings. The van der Waals surface area contributed by atoms with Crippen molar-refractivity contribution in [3.8, 4) is 0 Å². The highest BCUT2D eigenvalue weighted by Gasteiger charge is 2.29. The molecule has 0 aromatic heterocycles. The van der Waals surface area contributed by atoms with Crippen molar-refractivity contribution in [1.82, 2.24) is 0 Å². The van der Waals surface area contributed by atoms with Crippen LogP contribution in [0, 0.1) is 0 Å². The zero-order valence-electron chi connectivity index (χ0n) is 9.10. The highest BCUT2D eigenvalue weighted by atomic mass is 16.5. The third-order valence-electron chi connectivity index (χ3n) is 1.97. The van der Waals surface area contributed by atoms with Gasteiger partial charge in [0.05, 0.1) is 25.9 Å². The minimum Gasteiger partial charge on any atom is -0.394 e. The molecule has 0 aromatic carbocycles. The molecule has 0 aliphatic heterocycles. The van der Waals surface area contributed by atoms with Gasteiger partial charge in [0.15, 0.2) is 0 Å². The third kappa shape index (κ3) is 5.71. The molecule has 5 atom stereocenters. The number of aliphatic hydroxyl groups is 6. The van der Waals surface area contributed by atoms with E-state index in [1.165, 1.54) is 6.92 Å². The normalized spacial score (nSPS) is 21.2. The second-order valence-electron chi connectivity index (χ2n) is 3.68.